The van der Waals surface area contributed by atoms with Crippen LogP contribution in [0.25, 0.3) is 0 Å². The van der Waals surface area contributed by atoms with Crippen LogP contribution in [0, 0.1) is 0 Å². The number of primary amides is 1. The third-order valence-electron chi connectivity index (χ3n) is 9.74. The molecule has 0 spiro atoms. The van der Waals surface area contributed by atoms with Gasteiger partial charge in [-0.05, 0) is 99.5 Å². The molecule has 6 rings (SSSR count). The Kier molecular flexibility index (Phi) is 9.49. The zero-order chi connectivity index (χ0) is 31.3. The molecule has 3 aliphatic rings. The highest BCUT2D eigenvalue weighted by Gasteiger charge is 2.28. The Bertz CT molecular complexity index is 1460. The second-order valence-electron chi connectivity index (χ2n) is 13.0. The minimum Gasteiger partial charge on any atom is -0.378 e. The number of hydrogen-bond acceptors (Lipinski definition) is 8. The van der Waals surface area contributed by atoms with Crippen molar-refractivity contribution in [3.05, 3.63) is 71.5 Å². The van der Waals surface area contributed by atoms with Gasteiger partial charge in [-0.3, -0.25) is 9.59 Å². The Morgan fingerprint density at radius 3 is 2.27 bits per heavy atom. The van der Waals surface area contributed by atoms with Crippen molar-refractivity contribution in [3.63, 3.8) is 0 Å². The van der Waals surface area contributed by atoms with Crippen LogP contribution >= 0.6 is 0 Å². The highest BCUT2D eigenvalue weighted by Crippen LogP contribution is 2.33. The van der Waals surface area contributed by atoms with E-state index in [0.717, 1.165) is 36.8 Å². The SMILES string of the molecule is CN(C)c1ccc(C(=O)N[C@@H]2CCCN(c3cnc(C(N)=O)c(Nc4ccc(C5CCN(C6CCCC6)CC5)cc4)n3)C2)cc1. The molecule has 0 radical (unpaired) electrons. The predicted octanol–water partition coefficient (Wildman–Crippen LogP) is 4.91. The van der Waals surface area contributed by atoms with Gasteiger partial charge in [-0.15, -0.1) is 0 Å². The fourth-order valence-electron chi connectivity index (χ4n) is 7.13. The molecule has 1 aliphatic carbocycles. The molecule has 10 nitrogen and oxygen atoms in total. The first-order valence-corrected chi connectivity index (χ1v) is 16.4. The Labute approximate surface area is 266 Å². The van der Waals surface area contributed by atoms with Gasteiger partial charge in [0.2, 0.25) is 0 Å². The number of anilines is 4. The Hall–Kier alpha value is -4.18. The monoisotopic (exact) mass is 610 g/mol. The Morgan fingerprint density at radius 1 is 0.889 bits per heavy atom. The van der Waals surface area contributed by atoms with Gasteiger partial charge in [0.05, 0.1) is 6.20 Å². The third-order valence-corrected chi connectivity index (χ3v) is 9.74. The van der Waals surface area contributed by atoms with Gasteiger partial charge >= 0.3 is 0 Å². The molecule has 10 heteroatoms. The first-order valence-electron chi connectivity index (χ1n) is 16.4. The molecule has 238 valence electrons. The van der Waals surface area contributed by atoms with Crippen molar-refractivity contribution in [1.82, 2.24) is 20.2 Å². The lowest BCUT2D eigenvalue weighted by Crippen LogP contribution is -2.48. The van der Waals surface area contributed by atoms with Crippen LogP contribution in [0.1, 0.15) is 83.7 Å². The van der Waals surface area contributed by atoms with Gasteiger partial charge in [-0.1, -0.05) is 25.0 Å². The van der Waals surface area contributed by atoms with E-state index in [0.29, 0.717) is 29.7 Å². The second-order valence-corrected chi connectivity index (χ2v) is 13.0. The van der Waals surface area contributed by atoms with Crippen molar-refractivity contribution in [1.29, 1.82) is 0 Å². The first kappa shape index (κ1) is 30.8. The summed E-state index contributed by atoms with van der Waals surface area (Å²) in [5.74, 6) is 0.830. The van der Waals surface area contributed by atoms with Gasteiger partial charge in [0, 0.05) is 56.2 Å². The Balaban J connectivity index is 1.09. The number of amides is 2. The van der Waals surface area contributed by atoms with E-state index >= 15 is 0 Å². The molecule has 45 heavy (non-hydrogen) atoms. The lowest BCUT2D eigenvalue weighted by Gasteiger charge is -2.36. The lowest BCUT2D eigenvalue weighted by atomic mass is 9.88. The van der Waals surface area contributed by atoms with Crippen molar-refractivity contribution >= 4 is 34.8 Å². The third kappa shape index (κ3) is 7.39. The number of aromatic nitrogens is 2. The van der Waals surface area contributed by atoms with Gasteiger partial charge in [0.15, 0.2) is 11.5 Å². The minimum atomic E-state index is -0.633. The molecule has 0 bridgehead atoms. The molecule has 4 N–H and O–H groups in total. The van der Waals surface area contributed by atoms with E-state index < -0.39 is 5.91 Å². The fraction of sp³-hybridized carbons (Fsp3) is 0.486. The molecule has 1 saturated carbocycles. The van der Waals surface area contributed by atoms with E-state index in [2.05, 4.69) is 49.7 Å². The van der Waals surface area contributed by atoms with Crippen LogP contribution in [0.15, 0.2) is 54.7 Å². The number of hydrogen-bond donors (Lipinski definition) is 3. The van der Waals surface area contributed by atoms with Crippen LogP contribution in [-0.4, -0.2) is 79.0 Å². The van der Waals surface area contributed by atoms with Gasteiger partial charge in [0.1, 0.15) is 5.82 Å². The summed E-state index contributed by atoms with van der Waals surface area (Å²) in [4.78, 5) is 41.2. The van der Waals surface area contributed by atoms with Gasteiger partial charge in [-0.25, -0.2) is 9.97 Å². The van der Waals surface area contributed by atoms with Crippen LogP contribution in [0.5, 0.6) is 0 Å². The number of rotatable bonds is 9. The molecule has 3 aromatic rings. The molecular formula is C35H46N8O2. The second kappa shape index (κ2) is 13.9. The molecule has 3 fully saturated rings. The molecule has 1 aromatic heterocycles. The van der Waals surface area contributed by atoms with E-state index in [4.69, 9.17) is 10.7 Å². The maximum atomic E-state index is 13.0. The van der Waals surface area contributed by atoms with Crippen LogP contribution < -0.4 is 26.2 Å². The lowest BCUT2D eigenvalue weighted by molar-refractivity contribution is 0.0932. The van der Waals surface area contributed by atoms with Crippen molar-refractivity contribution in [2.75, 3.05) is 55.4 Å². The van der Waals surface area contributed by atoms with Gasteiger partial charge in [0.25, 0.3) is 11.8 Å². The normalized spacial score (nSPS) is 19.8. The first-order chi connectivity index (χ1) is 21.8. The van der Waals surface area contributed by atoms with Gasteiger partial charge < -0.3 is 31.1 Å². The quantitative estimate of drug-likeness (QED) is 0.313. The average Bonchev–Trinajstić information content (AvgIpc) is 3.61. The number of carbonyl (C=O) groups excluding carboxylic acids is 2. The van der Waals surface area contributed by atoms with Crippen molar-refractivity contribution < 1.29 is 9.59 Å². The number of nitrogens with zero attached hydrogens (tertiary/aromatic N) is 5. The number of benzene rings is 2. The molecule has 3 heterocycles. The van der Waals surface area contributed by atoms with Crippen molar-refractivity contribution in [3.8, 4) is 0 Å². The summed E-state index contributed by atoms with van der Waals surface area (Å²) in [5.41, 5.74) is 9.66. The highest BCUT2D eigenvalue weighted by molar-refractivity contribution is 5.96. The summed E-state index contributed by atoms with van der Waals surface area (Å²) >= 11 is 0. The summed E-state index contributed by atoms with van der Waals surface area (Å²) in [6.07, 6.45) is 11.3. The largest absolute Gasteiger partial charge is 0.378 e. The maximum Gasteiger partial charge on any atom is 0.271 e. The van der Waals surface area contributed by atoms with E-state index in [1.54, 1.807) is 6.20 Å². The van der Waals surface area contributed by atoms with Crippen LogP contribution in [-0.2, 0) is 0 Å². The van der Waals surface area contributed by atoms with Crippen LogP contribution in [0.4, 0.5) is 23.0 Å². The standard InChI is InChI=1S/C35H46N8O2/c1-41(2)29-15-11-26(12-16-29)35(45)39-28-6-5-19-43(23-28)31-22-37-32(33(36)44)34(40-31)38-27-13-9-24(10-14-27)25-17-20-42(21-18-25)30-7-3-4-8-30/h9-16,22,25,28,30H,3-8,17-21,23H2,1-2H3,(H2,36,44)(H,38,40)(H,39,45)/t28-/m1/s1. The fourth-order valence-corrected chi connectivity index (χ4v) is 7.13. The molecule has 2 aromatic carbocycles. The number of nitrogens with two attached hydrogens (primary N) is 1. The highest BCUT2D eigenvalue weighted by atomic mass is 16.2. The summed E-state index contributed by atoms with van der Waals surface area (Å²) in [7, 11) is 3.95. The van der Waals surface area contributed by atoms with Crippen molar-refractivity contribution in [2.24, 2.45) is 5.73 Å². The van der Waals surface area contributed by atoms with Gasteiger partial charge in [-0.2, -0.15) is 0 Å². The minimum absolute atomic E-state index is 0.0358. The van der Waals surface area contributed by atoms with Crippen LogP contribution in [0.2, 0.25) is 0 Å². The number of carbonyl (C=O) groups is 2. The zero-order valence-electron chi connectivity index (χ0n) is 26.5. The smallest absolute Gasteiger partial charge is 0.271 e. The summed E-state index contributed by atoms with van der Waals surface area (Å²) in [6.45, 7) is 3.75. The number of likely N-dealkylation sites (tertiary alicyclic amines) is 1. The molecule has 1 atom stereocenters. The summed E-state index contributed by atoms with van der Waals surface area (Å²) in [5, 5.41) is 6.48. The zero-order valence-corrected chi connectivity index (χ0v) is 26.5. The van der Waals surface area contributed by atoms with E-state index in [1.165, 1.54) is 57.2 Å². The number of nitrogens with one attached hydrogen (secondary N) is 2. The van der Waals surface area contributed by atoms with E-state index in [9.17, 15) is 9.59 Å². The summed E-state index contributed by atoms with van der Waals surface area (Å²) in [6, 6.07) is 16.8. The number of piperidine rings is 2. The van der Waals surface area contributed by atoms with Crippen LogP contribution in [0.3, 0.4) is 0 Å². The summed E-state index contributed by atoms with van der Waals surface area (Å²) < 4.78 is 0. The van der Waals surface area contributed by atoms with E-state index in [1.807, 2.05) is 43.3 Å². The maximum absolute atomic E-state index is 13.0. The van der Waals surface area contributed by atoms with Crippen molar-refractivity contribution in [2.45, 2.75) is 69.4 Å². The molecule has 2 aliphatic heterocycles. The average molecular weight is 611 g/mol. The van der Waals surface area contributed by atoms with E-state index in [-0.39, 0.29) is 17.6 Å². The molecule has 2 saturated heterocycles. The topological polar surface area (TPSA) is 120 Å². The molecule has 0 unspecified atom stereocenters. The molecular weight excluding hydrogens is 564 g/mol. The predicted molar refractivity (Wildman–Crippen MR) is 180 cm³/mol. The Morgan fingerprint density at radius 2 is 1.60 bits per heavy atom. The molecule has 2 amide bonds.